The Hall–Kier alpha value is -3.57. The van der Waals surface area contributed by atoms with Crippen molar-refractivity contribution >= 4 is 57.2 Å². The third-order valence-corrected chi connectivity index (χ3v) is 8.85. The quantitative estimate of drug-likeness (QED) is 0.230. The number of anilines is 2. The van der Waals surface area contributed by atoms with Crippen molar-refractivity contribution in [3.05, 3.63) is 111 Å². The van der Waals surface area contributed by atoms with E-state index in [9.17, 15) is 14.9 Å². The molecule has 0 saturated carbocycles. The average Bonchev–Trinajstić information content (AvgIpc) is 3.28. The first-order chi connectivity index (χ1) is 18.5. The maximum Gasteiger partial charge on any atom is 0.255 e. The van der Waals surface area contributed by atoms with Gasteiger partial charge in [-0.05, 0) is 72.7 Å². The van der Waals surface area contributed by atoms with E-state index in [1.165, 1.54) is 33.5 Å². The van der Waals surface area contributed by atoms with Crippen LogP contribution in [0.1, 0.15) is 44.3 Å². The van der Waals surface area contributed by atoms with Gasteiger partial charge in [-0.1, -0.05) is 54.1 Å². The van der Waals surface area contributed by atoms with Crippen molar-refractivity contribution in [3.8, 4) is 6.07 Å². The third kappa shape index (κ3) is 6.11. The zero-order chi connectivity index (χ0) is 26.5. The second kappa shape index (κ2) is 11.9. The molecule has 190 valence electrons. The van der Waals surface area contributed by atoms with Gasteiger partial charge in [0.2, 0.25) is 5.91 Å². The van der Waals surface area contributed by atoms with Gasteiger partial charge in [0, 0.05) is 26.0 Å². The molecule has 1 aliphatic carbocycles. The molecule has 5 nitrogen and oxygen atoms in total. The van der Waals surface area contributed by atoms with E-state index < -0.39 is 0 Å². The van der Waals surface area contributed by atoms with Gasteiger partial charge in [0.25, 0.3) is 5.91 Å². The molecule has 8 heteroatoms. The minimum absolute atomic E-state index is 0.168. The van der Waals surface area contributed by atoms with Crippen LogP contribution in [0.4, 0.5) is 10.7 Å². The molecule has 0 spiro atoms. The molecule has 1 unspecified atom stereocenters. The van der Waals surface area contributed by atoms with Crippen LogP contribution >= 0.6 is 34.7 Å². The van der Waals surface area contributed by atoms with Gasteiger partial charge in [0.1, 0.15) is 11.1 Å². The van der Waals surface area contributed by atoms with Gasteiger partial charge in [0.05, 0.1) is 11.3 Å². The number of nitriles is 1. The largest absolute Gasteiger partial charge is 0.322 e. The number of hydrogen-bond donors (Lipinski definition) is 2. The summed E-state index contributed by atoms with van der Waals surface area (Å²) in [7, 11) is 0. The summed E-state index contributed by atoms with van der Waals surface area (Å²) in [5, 5.41) is 16.8. The van der Waals surface area contributed by atoms with Gasteiger partial charge < -0.3 is 10.6 Å². The minimum atomic E-state index is -0.257. The number of hydrogen-bond acceptors (Lipinski definition) is 5. The van der Waals surface area contributed by atoms with E-state index in [0.29, 0.717) is 32.8 Å². The first-order valence-corrected chi connectivity index (χ1v) is 14.4. The number of halogens is 1. The lowest BCUT2D eigenvalue weighted by atomic mass is 9.83. The van der Waals surface area contributed by atoms with Crippen molar-refractivity contribution < 1.29 is 9.59 Å². The summed E-state index contributed by atoms with van der Waals surface area (Å²) in [5.41, 5.74) is 4.09. The molecule has 0 radical (unpaired) electrons. The van der Waals surface area contributed by atoms with Crippen LogP contribution in [0.25, 0.3) is 0 Å². The molecule has 2 N–H and O–H groups in total. The normalized spacial score (nSPS) is 14.3. The fraction of sp³-hybridized carbons (Fsp3) is 0.167. The van der Waals surface area contributed by atoms with Crippen LogP contribution in [0, 0.1) is 11.3 Å². The van der Waals surface area contributed by atoms with E-state index in [1.807, 2.05) is 24.3 Å². The van der Waals surface area contributed by atoms with E-state index in [0.717, 1.165) is 29.7 Å². The van der Waals surface area contributed by atoms with Gasteiger partial charge in [0.15, 0.2) is 0 Å². The molecular weight excluding hydrogens is 534 g/mol. The van der Waals surface area contributed by atoms with Gasteiger partial charge in [-0.3, -0.25) is 9.59 Å². The Balaban J connectivity index is 1.20. The fourth-order valence-electron chi connectivity index (χ4n) is 4.61. The number of thiophene rings is 1. The topological polar surface area (TPSA) is 82.0 Å². The smallest absolute Gasteiger partial charge is 0.255 e. The standard InChI is InChI=1S/C30H24ClN3O2S2/c31-22-9-4-8-21(14-22)29(36)33-23-10-5-11-24(16-23)37-18-28(35)34-30-26(17-32)25-13-12-20(15-27(25)38-30)19-6-2-1-3-7-19/h1-11,14,16,20H,12-13,15,18H2,(H,33,36)(H,34,35). The minimum Gasteiger partial charge on any atom is -0.322 e. The Morgan fingerprint density at radius 1 is 1.03 bits per heavy atom. The van der Waals surface area contributed by atoms with Crippen molar-refractivity contribution in [1.29, 1.82) is 5.26 Å². The van der Waals surface area contributed by atoms with E-state index in [-0.39, 0.29) is 17.6 Å². The highest BCUT2D eigenvalue weighted by Gasteiger charge is 2.27. The third-order valence-electron chi connectivity index (χ3n) is 6.45. The van der Waals surface area contributed by atoms with Crippen LogP contribution in [0.2, 0.25) is 5.02 Å². The summed E-state index contributed by atoms with van der Waals surface area (Å²) < 4.78 is 0. The van der Waals surface area contributed by atoms with Crippen LogP contribution in [0.3, 0.4) is 0 Å². The van der Waals surface area contributed by atoms with Crippen LogP contribution in [0.5, 0.6) is 0 Å². The van der Waals surface area contributed by atoms with E-state index in [4.69, 9.17) is 11.6 Å². The number of thioether (sulfide) groups is 1. The maximum absolute atomic E-state index is 12.8. The highest BCUT2D eigenvalue weighted by atomic mass is 35.5. The lowest BCUT2D eigenvalue weighted by molar-refractivity contribution is -0.113. The summed E-state index contributed by atoms with van der Waals surface area (Å²) >= 11 is 8.88. The molecule has 3 aromatic carbocycles. The van der Waals surface area contributed by atoms with Crippen LogP contribution in [-0.2, 0) is 17.6 Å². The summed E-state index contributed by atoms with van der Waals surface area (Å²) in [6.45, 7) is 0. The predicted molar refractivity (Wildman–Crippen MR) is 155 cm³/mol. The first kappa shape index (κ1) is 26.1. The molecule has 0 saturated heterocycles. The molecule has 5 rings (SSSR count). The lowest BCUT2D eigenvalue weighted by Crippen LogP contribution is -2.14. The summed E-state index contributed by atoms with van der Waals surface area (Å²) in [6.07, 6.45) is 2.72. The fourth-order valence-corrected chi connectivity index (χ4v) is 6.85. The highest BCUT2D eigenvalue weighted by molar-refractivity contribution is 8.00. The molecule has 38 heavy (non-hydrogen) atoms. The summed E-state index contributed by atoms with van der Waals surface area (Å²) in [6, 6.07) is 26.9. The molecule has 1 aromatic heterocycles. The molecule has 1 heterocycles. The Labute approximate surface area is 234 Å². The Kier molecular flexibility index (Phi) is 8.14. The number of fused-ring (bicyclic) bond motifs is 1. The Bertz CT molecular complexity index is 1530. The Morgan fingerprint density at radius 2 is 1.84 bits per heavy atom. The van der Waals surface area contributed by atoms with Crippen LogP contribution < -0.4 is 10.6 Å². The summed E-state index contributed by atoms with van der Waals surface area (Å²) in [4.78, 5) is 27.4. The molecule has 0 bridgehead atoms. The van der Waals surface area contributed by atoms with Gasteiger partial charge in [-0.15, -0.1) is 23.1 Å². The van der Waals surface area contributed by atoms with E-state index in [2.05, 4.69) is 41.0 Å². The predicted octanol–water partition coefficient (Wildman–Crippen LogP) is 7.53. The zero-order valence-electron chi connectivity index (χ0n) is 20.4. The number of rotatable bonds is 7. The molecule has 1 aliphatic rings. The number of carbonyl (C=O) groups excluding carboxylic acids is 2. The van der Waals surface area contributed by atoms with E-state index >= 15 is 0 Å². The zero-order valence-corrected chi connectivity index (χ0v) is 22.8. The van der Waals surface area contributed by atoms with Crippen molar-refractivity contribution in [2.75, 3.05) is 16.4 Å². The number of benzene rings is 3. The monoisotopic (exact) mass is 557 g/mol. The molecule has 4 aromatic rings. The number of amides is 2. The molecule has 2 amide bonds. The van der Waals surface area contributed by atoms with Crippen molar-refractivity contribution in [1.82, 2.24) is 0 Å². The van der Waals surface area contributed by atoms with Crippen LogP contribution in [0.15, 0.2) is 83.8 Å². The molecule has 0 aliphatic heterocycles. The van der Waals surface area contributed by atoms with Crippen molar-refractivity contribution in [2.24, 2.45) is 0 Å². The Morgan fingerprint density at radius 3 is 2.63 bits per heavy atom. The molecular formula is C30H24ClN3O2S2. The van der Waals surface area contributed by atoms with Gasteiger partial charge in [-0.2, -0.15) is 5.26 Å². The summed E-state index contributed by atoms with van der Waals surface area (Å²) in [5.74, 6) is 0.191. The van der Waals surface area contributed by atoms with Gasteiger partial charge in [-0.25, -0.2) is 0 Å². The maximum atomic E-state index is 12.8. The molecule has 1 atom stereocenters. The highest BCUT2D eigenvalue weighted by Crippen LogP contribution is 2.42. The lowest BCUT2D eigenvalue weighted by Gasteiger charge is -2.22. The van der Waals surface area contributed by atoms with E-state index in [1.54, 1.807) is 30.3 Å². The van der Waals surface area contributed by atoms with Crippen LogP contribution in [-0.4, -0.2) is 17.6 Å². The van der Waals surface area contributed by atoms with Gasteiger partial charge >= 0.3 is 0 Å². The SMILES string of the molecule is N#Cc1c(NC(=O)CSc2cccc(NC(=O)c3cccc(Cl)c3)c2)sc2c1CCC(c1ccccc1)C2. The second-order valence-corrected chi connectivity index (χ2v) is 11.6. The average molecular weight is 558 g/mol. The molecule has 0 fully saturated rings. The van der Waals surface area contributed by atoms with Crippen molar-refractivity contribution in [2.45, 2.75) is 30.1 Å². The number of nitrogens with one attached hydrogen (secondary N) is 2. The second-order valence-electron chi connectivity index (χ2n) is 9.00. The number of carbonyl (C=O) groups is 2. The van der Waals surface area contributed by atoms with Crippen molar-refractivity contribution in [3.63, 3.8) is 0 Å². The first-order valence-electron chi connectivity index (χ1n) is 12.2. The number of nitrogens with zero attached hydrogens (tertiary/aromatic N) is 1.